The van der Waals surface area contributed by atoms with Crippen molar-refractivity contribution in [1.82, 2.24) is 19.2 Å². The summed E-state index contributed by atoms with van der Waals surface area (Å²) in [6.07, 6.45) is 4.64. The number of hydrogen-bond acceptors (Lipinski definition) is 8. The zero-order valence-electron chi connectivity index (χ0n) is 17.9. The lowest BCUT2D eigenvalue weighted by Crippen LogP contribution is -2.42. The number of hydrogen-bond donors (Lipinski definition) is 1. The summed E-state index contributed by atoms with van der Waals surface area (Å²) in [7, 11) is -3.59. The van der Waals surface area contributed by atoms with Gasteiger partial charge in [0.25, 0.3) is 10.0 Å². The molecule has 1 aromatic carbocycles. The summed E-state index contributed by atoms with van der Waals surface area (Å²) in [5, 5.41) is 11.2. The smallest absolute Gasteiger partial charge is 0.351 e. The molecular formula is C21H21ClN7O3S2+. The highest BCUT2D eigenvalue weighted by Gasteiger charge is 2.30. The molecule has 1 aliphatic rings. The molecule has 1 aliphatic heterocycles. The van der Waals surface area contributed by atoms with Gasteiger partial charge in [-0.2, -0.15) is 4.31 Å². The number of carbonyl (C=O) groups excluding carboxylic acids is 1. The molecule has 0 saturated carbocycles. The van der Waals surface area contributed by atoms with Crippen LogP contribution in [0.15, 0.2) is 69.3 Å². The van der Waals surface area contributed by atoms with E-state index in [1.807, 2.05) is 0 Å². The van der Waals surface area contributed by atoms with Crippen molar-refractivity contribution in [2.45, 2.75) is 29.6 Å². The second kappa shape index (κ2) is 10.9. The highest BCUT2D eigenvalue weighted by atomic mass is 35.5. The molecule has 0 radical (unpaired) electrons. The van der Waals surface area contributed by atoms with E-state index in [1.54, 1.807) is 54.9 Å². The summed E-state index contributed by atoms with van der Waals surface area (Å²) in [4.78, 5) is 24.5. The quantitative estimate of drug-likeness (QED) is 0.374. The summed E-state index contributed by atoms with van der Waals surface area (Å²) >= 11 is 6.93. The molecule has 3 heterocycles. The third-order valence-electron chi connectivity index (χ3n) is 5.10. The number of amides is 1. The molecular weight excluding hydrogens is 498 g/mol. The van der Waals surface area contributed by atoms with Gasteiger partial charge < -0.3 is 5.32 Å². The minimum Gasteiger partial charge on any atom is -0.351 e. The maximum Gasteiger partial charge on any atom is 0.360 e. The first kappa shape index (κ1) is 24.1. The summed E-state index contributed by atoms with van der Waals surface area (Å²) in [5.74, 6) is 0.00838. The lowest BCUT2D eigenvalue weighted by molar-refractivity contribution is 0.0992. The number of aromatic nitrogens is 2. The Hall–Kier alpha value is -3.02. The predicted molar refractivity (Wildman–Crippen MR) is 128 cm³/mol. The van der Waals surface area contributed by atoms with Crippen LogP contribution in [-0.4, -0.2) is 47.7 Å². The van der Waals surface area contributed by atoms with Crippen molar-refractivity contribution in [2.24, 2.45) is 10.2 Å². The zero-order chi connectivity index (χ0) is 24.0. The molecule has 1 amide bonds. The van der Waals surface area contributed by atoms with Crippen LogP contribution in [0.4, 0.5) is 5.95 Å². The van der Waals surface area contributed by atoms with Gasteiger partial charge in [-0.3, -0.25) is 4.79 Å². The SMILES string of the molecule is O=C(N=[N+]=NCc1ccc(S(=O)(=O)N2CCC(Nc3ncccn3)CC2)s1)c1ccc(Cl)cc1. The standard InChI is InChI=1S/C21H21ClN7O3S2/c22-16-4-2-15(3-5-16)20(30)27-28-25-14-18-6-7-19(33-18)34(31,32)29-12-8-17(9-13-29)26-21-23-10-1-11-24-21/h1-7,10-11,17H,8-9,12-14H2,(H,23,24,26)/q+1. The van der Waals surface area contributed by atoms with E-state index in [9.17, 15) is 13.2 Å². The molecule has 4 rings (SSSR count). The van der Waals surface area contributed by atoms with Gasteiger partial charge in [-0.05, 0) is 55.3 Å². The van der Waals surface area contributed by atoms with Crippen LogP contribution in [0.3, 0.4) is 0 Å². The summed E-state index contributed by atoms with van der Waals surface area (Å²) < 4.78 is 27.8. The molecule has 2 aromatic heterocycles. The lowest BCUT2D eigenvalue weighted by atomic mass is 10.1. The third kappa shape index (κ3) is 6.10. The monoisotopic (exact) mass is 518 g/mol. The number of anilines is 1. The molecule has 0 aliphatic carbocycles. The van der Waals surface area contributed by atoms with Gasteiger partial charge in [0.15, 0.2) is 6.54 Å². The van der Waals surface area contributed by atoms with Gasteiger partial charge in [0.1, 0.15) is 9.32 Å². The van der Waals surface area contributed by atoms with E-state index in [2.05, 4.69) is 30.4 Å². The maximum absolute atomic E-state index is 13.0. The fraction of sp³-hybridized carbons (Fsp3) is 0.286. The van der Waals surface area contributed by atoms with Crippen LogP contribution in [0.1, 0.15) is 28.1 Å². The third-order valence-corrected chi connectivity index (χ3v) is 8.79. The van der Waals surface area contributed by atoms with E-state index in [4.69, 9.17) is 11.6 Å². The molecule has 13 heteroatoms. The van der Waals surface area contributed by atoms with Crippen molar-refractivity contribution >= 4 is 44.8 Å². The lowest BCUT2D eigenvalue weighted by Gasteiger charge is -2.31. The molecule has 0 unspecified atom stereocenters. The number of benzene rings is 1. The van der Waals surface area contributed by atoms with E-state index in [0.29, 0.717) is 47.3 Å². The largest absolute Gasteiger partial charge is 0.360 e. The Kier molecular flexibility index (Phi) is 7.76. The van der Waals surface area contributed by atoms with Crippen molar-refractivity contribution in [1.29, 1.82) is 0 Å². The predicted octanol–water partition coefficient (Wildman–Crippen LogP) is 3.77. The minimum absolute atomic E-state index is 0.118. The van der Waals surface area contributed by atoms with Gasteiger partial charge in [0.05, 0.1) is 0 Å². The Morgan fingerprint density at radius 1 is 1.15 bits per heavy atom. The van der Waals surface area contributed by atoms with Crippen LogP contribution in [-0.2, 0) is 16.6 Å². The molecule has 0 spiro atoms. The van der Waals surface area contributed by atoms with Crippen LogP contribution >= 0.6 is 22.9 Å². The van der Waals surface area contributed by atoms with Crippen molar-refractivity contribution in [3.63, 3.8) is 0 Å². The Morgan fingerprint density at radius 2 is 1.85 bits per heavy atom. The second-order valence-electron chi connectivity index (χ2n) is 7.42. The number of rotatable bonds is 7. The summed E-state index contributed by atoms with van der Waals surface area (Å²) in [6, 6.07) is 11.4. The number of nitrogens with zero attached hydrogens (tertiary/aromatic N) is 6. The molecule has 0 bridgehead atoms. The molecule has 1 fully saturated rings. The van der Waals surface area contributed by atoms with Gasteiger partial charge in [-0.1, -0.05) is 11.6 Å². The maximum atomic E-state index is 13.0. The van der Waals surface area contributed by atoms with Gasteiger partial charge in [0, 0.05) is 47.0 Å². The van der Waals surface area contributed by atoms with Crippen LogP contribution in [0, 0.1) is 0 Å². The van der Waals surface area contributed by atoms with Crippen LogP contribution < -0.4 is 10.2 Å². The average Bonchev–Trinajstić information content (AvgIpc) is 3.33. The van der Waals surface area contributed by atoms with Crippen molar-refractivity contribution in [3.05, 3.63) is 70.3 Å². The fourth-order valence-corrected chi connectivity index (χ4v) is 6.35. The molecule has 3 aromatic rings. The van der Waals surface area contributed by atoms with Gasteiger partial charge in [-0.15, -0.1) is 11.3 Å². The average molecular weight is 519 g/mol. The normalized spacial score (nSPS) is 14.9. The molecule has 1 saturated heterocycles. The Labute approximate surface area is 205 Å². The summed E-state index contributed by atoms with van der Waals surface area (Å²) in [5.41, 5.74) is 0.350. The Balaban J connectivity index is 1.31. The second-order valence-corrected chi connectivity index (χ2v) is 11.2. The van der Waals surface area contributed by atoms with Gasteiger partial charge >= 0.3 is 5.91 Å². The number of thiophene rings is 1. The minimum atomic E-state index is -3.59. The molecule has 1 N–H and O–H groups in total. The van der Waals surface area contributed by atoms with E-state index in [-0.39, 0.29) is 16.8 Å². The first-order chi connectivity index (χ1) is 16.4. The molecule has 0 atom stereocenters. The topological polar surface area (TPSA) is 131 Å². The number of carbonyl (C=O) groups is 1. The van der Waals surface area contributed by atoms with Gasteiger partial charge in [0.2, 0.25) is 16.0 Å². The zero-order valence-corrected chi connectivity index (χ0v) is 20.3. The number of piperidine rings is 1. The number of sulfonamides is 1. The number of halogens is 1. The van der Waals surface area contributed by atoms with Crippen LogP contribution in [0.25, 0.3) is 0 Å². The molecule has 176 valence electrons. The van der Waals surface area contributed by atoms with Crippen LogP contribution in [0.5, 0.6) is 0 Å². The first-order valence-corrected chi connectivity index (χ1v) is 13.0. The Bertz CT molecular complexity index is 1300. The van der Waals surface area contributed by atoms with Gasteiger partial charge in [-0.25, -0.2) is 18.4 Å². The highest BCUT2D eigenvalue weighted by molar-refractivity contribution is 7.91. The first-order valence-electron chi connectivity index (χ1n) is 10.4. The fourth-order valence-electron chi connectivity index (χ4n) is 3.33. The van der Waals surface area contributed by atoms with E-state index < -0.39 is 15.9 Å². The van der Waals surface area contributed by atoms with Crippen molar-refractivity contribution in [2.75, 3.05) is 18.4 Å². The summed E-state index contributed by atoms with van der Waals surface area (Å²) in [6.45, 7) is 0.942. The van der Waals surface area contributed by atoms with Crippen molar-refractivity contribution < 1.29 is 13.2 Å². The number of nitrogens with one attached hydrogen (secondary N) is 1. The highest BCUT2D eigenvalue weighted by Crippen LogP contribution is 2.28. The van der Waals surface area contributed by atoms with E-state index >= 15 is 0 Å². The van der Waals surface area contributed by atoms with Crippen LogP contribution in [0.2, 0.25) is 5.02 Å². The van der Waals surface area contributed by atoms with E-state index in [0.717, 1.165) is 11.3 Å². The molecule has 34 heavy (non-hydrogen) atoms. The molecule has 10 nitrogen and oxygen atoms in total. The Morgan fingerprint density at radius 3 is 2.56 bits per heavy atom. The van der Waals surface area contributed by atoms with Crippen molar-refractivity contribution in [3.8, 4) is 0 Å². The van der Waals surface area contributed by atoms with E-state index in [1.165, 1.54) is 4.31 Å².